The van der Waals surface area contributed by atoms with Gasteiger partial charge in [0.05, 0.1) is 0 Å². The quantitative estimate of drug-likeness (QED) is 0.879. The maximum Gasteiger partial charge on any atom is 0.251 e. The molecule has 2 aromatic rings. The molecule has 3 heteroatoms. The number of nitrogens with zero attached hydrogens (tertiary/aromatic N) is 1. The van der Waals surface area contributed by atoms with Gasteiger partial charge in [0.2, 0.25) is 0 Å². The average Bonchev–Trinajstić information content (AvgIpc) is 2.90. The van der Waals surface area contributed by atoms with Crippen molar-refractivity contribution in [3.8, 4) is 5.69 Å². The summed E-state index contributed by atoms with van der Waals surface area (Å²) in [7, 11) is 0. The Labute approximate surface area is 107 Å². The van der Waals surface area contributed by atoms with Gasteiger partial charge in [-0.2, -0.15) is 0 Å². The van der Waals surface area contributed by atoms with Gasteiger partial charge in [-0.3, -0.25) is 4.79 Å². The number of benzene rings is 1. The summed E-state index contributed by atoms with van der Waals surface area (Å²) in [6, 6.07) is 11.5. The van der Waals surface area contributed by atoms with Crippen molar-refractivity contribution in [2.24, 2.45) is 5.92 Å². The molecular weight excluding hydrogens is 224 g/mol. The van der Waals surface area contributed by atoms with Gasteiger partial charge in [0, 0.05) is 30.2 Å². The first-order valence-corrected chi connectivity index (χ1v) is 6.18. The van der Waals surface area contributed by atoms with Crippen LogP contribution in [0.1, 0.15) is 24.2 Å². The second-order valence-electron chi connectivity index (χ2n) is 4.74. The molecule has 0 spiro atoms. The van der Waals surface area contributed by atoms with Gasteiger partial charge < -0.3 is 9.88 Å². The molecule has 0 aliphatic heterocycles. The van der Waals surface area contributed by atoms with Crippen LogP contribution in [0.2, 0.25) is 0 Å². The Kier molecular flexibility index (Phi) is 3.82. The van der Waals surface area contributed by atoms with Crippen molar-refractivity contribution in [3.05, 3.63) is 54.4 Å². The topological polar surface area (TPSA) is 34.0 Å². The van der Waals surface area contributed by atoms with Gasteiger partial charge in [-0.25, -0.2) is 0 Å². The lowest BCUT2D eigenvalue weighted by Gasteiger charge is -2.09. The van der Waals surface area contributed by atoms with Gasteiger partial charge in [0.1, 0.15) is 0 Å². The molecule has 94 valence electrons. The summed E-state index contributed by atoms with van der Waals surface area (Å²) in [5.74, 6) is 0.444. The molecule has 0 bridgehead atoms. The van der Waals surface area contributed by atoms with E-state index in [1.165, 1.54) is 0 Å². The van der Waals surface area contributed by atoms with Crippen molar-refractivity contribution in [3.63, 3.8) is 0 Å². The van der Waals surface area contributed by atoms with Crippen LogP contribution in [0.4, 0.5) is 0 Å². The van der Waals surface area contributed by atoms with Crippen molar-refractivity contribution in [2.75, 3.05) is 6.54 Å². The second-order valence-corrected chi connectivity index (χ2v) is 4.74. The summed E-state index contributed by atoms with van der Waals surface area (Å²) in [4.78, 5) is 12.0. The van der Waals surface area contributed by atoms with Gasteiger partial charge in [-0.15, -0.1) is 0 Å². The minimum atomic E-state index is -0.0160. The number of hydrogen-bond donors (Lipinski definition) is 1. The Bertz CT molecular complexity index is 515. The van der Waals surface area contributed by atoms with Crippen LogP contribution in [0.15, 0.2) is 48.8 Å². The maximum absolute atomic E-state index is 12.0. The fourth-order valence-corrected chi connectivity index (χ4v) is 1.71. The minimum Gasteiger partial charge on any atom is -0.352 e. The number of nitrogens with one attached hydrogen (secondary N) is 1. The summed E-state index contributed by atoms with van der Waals surface area (Å²) in [6.07, 6.45) is 3.93. The number of aromatic nitrogens is 1. The number of amides is 1. The number of carbonyl (C=O) groups excluding carboxylic acids is 1. The monoisotopic (exact) mass is 242 g/mol. The zero-order chi connectivity index (χ0) is 13.0. The molecule has 0 fully saturated rings. The van der Waals surface area contributed by atoms with Crippen LogP contribution in [0, 0.1) is 5.92 Å². The Hall–Kier alpha value is -2.03. The molecule has 1 N–H and O–H groups in total. The first-order chi connectivity index (χ1) is 8.66. The van der Waals surface area contributed by atoms with Gasteiger partial charge in [0.15, 0.2) is 0 Å². The third-order valence-electron chi connectivity index (χ3n) is 2.68. The molecule has 0 radical (unpaired) electrons. The van der Waals surface area contributed by atoms with Crippen molar-refractivity contribution in [2.45, 2.75) is 13.8 Å². The molecule has 18 heavy (non-hydrogen) atoms. The number of carbonyl (C=O) groups is 1. The van der Waals surface area contributed by atoms with E-state index >= 15 is 0 Å². The zero-order valence-electron chi connectivity index (χ0n) is 10.8. The highest BCUT2D eigenvalue weighted by molar-refractivity contribution is 5.94. The Morgan fingerprint density at radius 3 is 2.61 bits per heavy atom. The Morgan fingerprint density at radius 2 is 1.94 bits per heavy atom. The van der Waals surface area contributed by atoms with Crippen LogP contribution in [-0.4, -0.2) is 17.0 Å². The van der Waals surface area contributed by atoms with E-state index in [9.17, 15) is 4.79 Å². The van der Waals surface area contributed by atoms with E-state index in [0.717, 1.165) is 5.69 Å². The van der Waals surface area contributed by atoms with Crippen LogP contribution in [0.5, 0.6) is 0 Å². The fourth-order valence-electron chi connectivity index (χ4n) is 1.71. The maximum atomic E-state index is 12.0. The summed E-state index contributed by atoms with van der Waals surface area (Å²) in [5.41, 5.74) is 1.69. The predicted molar refractivity (Wildman–Crippen MR) is 72.9 cm³/mol. The molecule has 1 amide bonds. The smallest absolute Gasteiger partial charge is 0.251 e. The van der Waals surface area contributed by atoms with Crippen LogP contribution < -0.4 is 5.32 Å². The third-order valence-corrected chi connectivity index (χ3v) is 2.68. The van der Waals surface area contributed by atoms with Gasteiger partial charge in [0.25, 0.3) is 5.91 Å². The van der Waals surface area contributed by atoms with Crippen LogP contribution in [-0.2, 0) is 0 Å². The molecule has 1 aromatic carbocycles. The Balaban J connectivity index is 2.15. The summed E-state index contributed by atoms with van der Waals surface area (Å²) in [5, 5.41) is 2.92. The molecule has 2 rings (SSSR count). The number of rotatable bonds is 4. The molecule has 1 heterocycles. The third kappa shape index (κ3) is 3.00. The highest BCUT2D eigenvalue weighted by Crippen LogP contribution is 2.11. The lowest BCUT2D eigenvalue weighted by atomic mass is 10.1. The lowest BCUT2D eigenvalue weighted by molar-refractivity contribution is 0.0949. The minimum absolute atomic E-state index is 0.0160. The molecule has 3 nitrogen and oxygen atoms in total. The summed E-state index contributed by atoms with van der Waals surface area (Å²) in [6.45, 7) is 4.86. The highest BCUT2D eigenvalue weighted by atomic mass is 16.1. The molecular formula is C15H18N2O. The van der Waals surface area contributed by atoms with Crippen molar-refractivity contribution in [1.82, 2.24) is 9.88 Å². The van der Waals surface area contributed by atoms with Crippen molar-refractivity contribution in [1.29, 1.82) is 0 Å². The van der Waals surface area contributed by atoms with Crippen molar-refractivity contribution >= 4 is 5.91 Å². The summed E-state index contributed by atoms with van der Waals surface area (Å²) >= 11 is 0. The summed E-state index contributed by atoms with van der Waals surface area (Å²) < 4.78 is 1.99. The van der Waals surface area contributed by atoms with E-state index < -0.39 is 0 Å². The van der Waals surface area contributed by atoms with Crippen LogP contribution in [0.3, 0.4) is 0 Å². The molecule has 0 aliphatic carbocycles. The Morgan fingerprint density at radius 1 is 1.22 bits per heavy atom. The van der Waals surface area contributed by atoms with Crippen molar-refractivity contribution < 1.29 is 4.79 Å². The van der Waals surface area contributed by atoms with Crippen LogP contribution >= 0.6 is 0 Å². The first kappa shape index (κ1) is 12.4. The standard InChI is InChI=1S/C15H18N2O/c1-12(2)11-16-15(18)13-6-5-7-14(10-13)17-8-3-4-9-17/h3-10,12H,11H2,1-2H3,(H,16,18). The van der Waals surface area contributed by atoms with Gasteiger partial charge >= 0.3 is 0 Å². The average molecular weight is 242 g/mol. The largest absolute Gasteiger partial charge is 0.352 e. The molecule has 0 unspecified atom stereocenters. The van der Waals surface area contributed by atoms with Gasteiger partial charge in [-0.1, -0.05) is 19.9 Å². The van der Waals surface area contributed by atoms with E-state index in [1.807, 2.05) is 53.4 Å². The fraction of sp³-hybridized carbons (Fsp3) is 0.267. The van der Waals surface area contributed by atoms with E-state index in [-0.39, 0.29) is 5.91 Å². The van der Waals surface area contributed by atoms with E-state index in [4.69, 9.17) is 0 Å². The normalized spacial score (nSPS) is 10.6. The molecule has 1 aromatic heterocycles. The van der Waals surface area contributed by atoms with E-state index in [1.54, 1.807) is 0 Å². The predicted octanol–water partition coefficient (Wildman–Crippen LogP) is 2.86. The lowest BCUT2D eigenvalue weighted by Crippen LogP contribution is -2.27. The number of hydrogen-bond acceptors (Lipinski definition) is 1. The molecule has 0 aliphatic rings. The van der Waals surface area contributed by atoms with Gasteiger partial charge in [-0.05, 0) is 36.2 Å². The zero-order valence-corrected chi connectivity index (χ0v) is 10.8. The first-order valence-electron chi connectivity index (χ1n) is 6.18. The van der Waals surface area contributed by atoms with Crippen LogP contribution in [0.25, 0.3) is 5.69 Å². The second kappa shape index (κ2) is 5.54. The van der Waals surface area contributed by atoms with E-state index in [0.29, 0.717) is 18.0 Å². The molecule has 0 saturated heterocycles. The SMILES string of the molecule is CC(C)CNC(=O)c1cccc(-n2cccc2)c1. The van der Waals surface area contributed by atoms with E-state index in [2.05, 4.69) is 19.2 Å². The molecule has 0 atom stereocenters. The highest BCUT2D eigenvalue weighted by Gasteiger charge is 2.06. The molecule has 0 saturated carbocycles.